The molecule has 3 aliphatic carbocycles. The number of anilines is 1. The summed E-state index contributed by atoms with van der Waals surface area (Å²) in [5, 5.41) is 44.3. The minimum atomic E-state index is -1.02. The van der Waals surface area contributed by atoms with Crippen LogP contribution in [-0.2, 0) is 52.9 Å². The number of nitrogens with one attached hydrogen (secondary N) is 5. The van der Waals surface area contributed by atoms with Crippen molar-refractivity contribution in [2.75, 3.05) is 31.5 Å². The van der Waals surface area contributed by atoms with Gasteiger partial charge in [-0.1, -0.05) is 17.9 Å². The molecule has 20 bridgehead atoms. The smallest absolute Gasteiger partial charge is 0.277 e. The minimum Gasteiger partial charge on any atom is -0.872 e. The van der Waals surface area contributed by atoms with E-state index in [-0.39, 0.29) is 45.6 Å². The van der Waals surface area contributed by atoms with Gasteiger partial charge in [0.1, 0.15) is 18.0 Å². The Kier molecular flexibility index (Phi) is 11.4. The number of carbonyl (C=O) groups is 4. The summed E-state index contributed by atoms with van der Waals surface area (Å²) in [7, 11) is 0. The summed E-state index contributed by atoms with van der Waals surface area (Å²) in [6, 6.07) is 17.2. The van der Waals surface area contributed by atoms with E-state index in [1.807, 2.05) is 12.1 Å². The predicted octanol–water partition coefficient (Wildman–Crippen LogP) is 4.95. The maximum absolute atomic E-state index is 14.5. The van der Waals surface area contributed by atoms with Crippen LogP contribution >= 0.6 is 0 Å². The Morgan fingerprint density at radius 1 is 0.605 bits per heavy atom. The van der Waals surface area contributed by atoms with Gasteiger partial charge >= 0.3 is 0 Å². The maximum atomic E-state index is 14.5. The van der Waals surface area contributed by atoms with Gasteiger partial charge in [-0.15, -0.1) is 0 Å². The number of hydrogen-bond donors (Lipinski definition) is 5. The van der Waals surface area contributed by atoms with Crippen LogP contribution in [0, 0.1) is 10.1 Å². The van der Waals surface area contributed by atoms with Crippen molar-refractivity contribution in [1.29, 1.82) is 0 Å². The molecule has 5 aliphatic heterocycles. The van der Waals surface area contributed by atoms with Gasteiger partial charge in [0.15, 0.2) is 11.3 Å². The van der Waals surface area contributed by atoms with Crippen LogP contribution in [0.3, 0.4) is 0 Å². The minimum absolute atomic E-state index is 0.0245. The van der Waals surface area contributed by atoms with E-state index >= 15 is 0 Å². The molecule has 8 aromatic rings. The fourth-order valence-corrected chi connectivity index (χ4v) is 13.2. The quantitative estimate of drug-likeness (QED) is 0.107. The van der Waals surface area contributed by atoms with E-state index in [1.165, 1.54) is 30.5 Å². The van der Waals surface area contributed by atoms with Gasteiger partial charge in [-0.2, -0.15) is 0 Å². The van der Waals surface area contributed by atoms with Crippen LogP contribution in [0.1, 0.15) is 76.5 Å². The van der Waals surface area contributed by atoms with Gasteiger partial charge in [-0.3, -0.25) is 44.8 Å². The third kappa shape index (κ3) is 8.39. The van der Waals surface area contributed by atoms with Crippen molar-refractivity contribution in [3.8, 4) is 51.0 Å². The van der Waals surface area contributed by atoms with E-state index in [0.717, 1.165) is 88.0 Å². The molecule has 16 rings (SSSR count). The lowest BCUT2D eigenvalue weighted by Crippen LogP contribution is -2.71. The summed E-state index contributed by atoms with van der Waals surface area (Å²) in [5.41, 5.74) is 12.3. The van der Waals surface area contributed by atoms with Gasteiger partial charge in [0.2, 0.25) is 17.7 Å². The Morgan fingerprint density at radius 3 is 1.89 bits per heavy atom. The second kappa shape index (κ2) is 18.9. The fraction of sp³-hybridized carbons (Fsp3) is 0.333. The number of nitro groups is 1. The lowest BCUT2D eigenvalue weighted by atomic mass is 9.86. The van der Waals surface area contributed by atoms with Gasteiger partial charge in [-0.05, 0) is 164 Å². The first kappa shape index (κ1) is 49.1. The molecule has 6 aromatic heterocycles. The number of nitro benzene ring substituents is 1. The number of fused-ring (bicyclic) bond motifs is 6. The van der Waals surface area contributed by atoms with E-state index in [9.17, 15) is 34.4 Å². The highest BCUT2D eigenvalue weighted by Crippen LogP contribution is 2.44. The SMILES string of the molecule is CC1NC(=O)C2CCN3CCC(NC3N2)C(=O)NC2CCCN(C2)C(=O)c2ccc3c(n2)-c2nc4nc5c(cc4cc2CC3)CCc2cc3c(nc2-5)-c2nc4ncc(cc4cc2CC3)-c2cc([N+](=O)[O-])c3ccc(cc3c2[O-])NC1=O. The summed E-state index contributed by atoms with van der Waals surface area (Å²) in [6.07, 6.45) is 7.92. The van der Waals surface area contributed by atoms with Crippen molar-refractivity contribution in [1.82, 2.24) is 61.0 Å². The largest absolute Gasteiger partial charge is 0.872 e. The van der Waals surface area contributed by atoms with Gasteiger partial charge in [0, 0.05) is 66.5 Å². The molecule has 3 saturated heterocycles. The van der Waals surface area contributed by atoms with Crippen LogP contribution in [0.5, 0.6) is 5.75 Å². The van der Waals surface area contributed by atoms with Gasteiger partial charge in [0.25, 0.3) is 11.6 Å². The van der Waals surface area contributed by atoms with Crippen molar-refractivity contribution in [2.24, 2.45) is 0 Å². The number of rotatable bonds is 1. The zero-order valence-corrected chi connectivity index (χ0v) is 44.1. The molecule has 4 amide bonds. The molecule has 0 radical (unpaired) electrons. The highest BCUT2D eigenvalue weighted by molar-refractivity contribution is 6.05. The molecular formula is C60H53N14O7-. The number of non-ortho nitro benzene ring substituents is 1. The molecule has 5 unspecified atom stereocenters. The predicted molar refractivity (Wildman–Crippen MR) is 298 cm³/mol. The highest BCUT2D eigenvalue weighted by atomic mass is 16.6. The molecule has 81 heavy (non-hydrogen) atoms. The van der Waals surface area contributed by atoms with Crippen molar-refractivity contribution >= 4 is 67.8 Å². The number of aromatic nitrogens is 6. The lowest BCUT2D eigenvalue weighted by molar-refractivity contribution is -0.383. The summed E-state index contributed by atoms with van der Waals surface area (Å²) in [5.74, 6) is -1.87. The first-order valence-electron chi connectivity index (χ1n) is 27.9. The van der Waals surface area contributed by atoms with Gasteiger partial charge < -0.3 is 26.0 Å². The third-order valence-corrected chi connectivity index (χ3v) is 17.5. The van der Waals surface area contributed by atoms with Crippen LogP contribution in [0.25, 0.3) is 78.1 Å². The van der Waals surface area contributed by atoms with E-state index in [0.29, 0.717) is 103 Å². The molecule has 21 heteroatoms. The number of aryl methyl sites for hydroxylation is 6. The number of nitrogens with zero attached hydrogens (tertiary/aromatic N) is 9. The first-order valence-corrected chi connectivity index (χ1v) is 27.9. The summed E-state index contributed by atoms with van der Waals surface area (Å²) >= 11 is 0. The monoisotopic (exact) mass is 1080 g/mol. The molecule has 0 saturated carbocycles. The number of carbonyl (C=O) groups excluding carboxylic acids is 4. The fourth-order valence-electron chi connectivity index (χ4n) is 13.2. The molecule has 2 aromatic carbocycles. The molecule has 8 aliphatic rings. The van der Waals surface area contributed by atoms with Crippen molar-refractivity contribution in [2.45, 2.75) is 102 Å². The molecular weight excluding hydrogens is 1030 g/mol. The number of hydrogen-bond acceptors (Lipinski definition) is 16. The van der Waals surface area contributed by atoms with Crippen molar-refractivity contribution < 1.29 is 29.2 Å². The van der Waals surface area contributed by atoms with Gasteiger partial charge in [0.05, 0.1) is 56.6 Å². The Bertz CT molecular complexity index is 4130. The van der Waals surface area contributed by atoms with E-state index in [4.69, 9.17) is 29.9 Å². The molecule has 5 N–H and O–H groups in total. The van der Waals surface area contributed by atoms with Crippen LogP contribution in [0.4, 0.5) is 11.4 Å². The molecule has 5 atom stereocenters. The number of amides is 4. The average Bonchev–Trinajstić information content (AvgIpc) is 3.53. The zero-order valence-electron chi connectivity index (χ0n) is 44.1. The van der Waals surface area contributed by atoms with Crippen molar-refractivity contribution in [3.63, 3.8) is 0 Å². The Balaban J connectivity index is 0.810. The molecule has 11 heterocycles. The van der Waals surface area contributed by atoms with Crippen LogP contribution in [0.15, 0.2) is 72.9 Å². The third-order valence-electron chi connectivity index (χ3n) is 17.5. The highest BCUT2D eigenvalue weighted by Gasteiger charge is 2.39. The second-order valence-corrected chi connectivity index (χ2v) is 22.6. The average molecular weight is 1080 g/mol. The van der Waals surface area contributed by atoms with E-state index in [2.05, 4.69) is 49.7 Å². The zero-order chi connectivity index (χ0) is 54.9. The summed E-state index contributed by atoms with van der Waals surface area (Å²) in [4.78, 5) is 102. The topological polar surface area (TPSA) is 278 Å². The lowest BCUT2D eigenvalue weighted by Gasteiger charge is -2.45. The van der Waals surface area contributed by atoms with Gasteiger partial charge in [-0.25, -0.2) is 29.9 Å². The van der Waals surface area contributed by atoms with E-state index in [1.54, 1.807) is 24.0 Å². The summed E-state index contributed by atoms with van der Waals surface area (Å²) < 4.78 is 0. The maximum Gasteiger partial charge on any atom is 0.277 e. The Hall–Kier alpha value is -8.92. The normalized spacial score (nSPS) is 22.4. The number of piperidine rings is 1. The number of benzene rings is 2. The number of pyridine rings is 6. The second-order valence-electron chi connectivity index (χ2n) is 22.6. The molecule has 406 valence electrons. The molecule has 21 nitrogen and oxygen atoms in total. The molecule has 3 fully saturated rings. The van der Waals surface area contributed by atoms with Crippen LogP contribution in [-0.4, -0.2) is 125 Å². The Morgan fingerprint density at radius 2 is 1.21 bits per heavy atom. The van der Waals surface area contributed by atoms with Crippen molar-refractivity contribution in [3.05, 3.63) is 122 Å². The van der Waals surface area contributed by atoms with Crippen LogP contribution < -0.4 is 31.7 Å². The summed E-state index contributed by atoms with van der Waals surface area (Å²) in [6.45, 7) is 3.57. The Labute approximate surface area is 462 Å². The first-order chi connectivity index (χ1) is 39.3. The van der Waals surface area contributed by atoms with E-state index < -0.39 is 46.9 Å². The molecule has 0 spiro atoms. The standard InChI is InChI=1S/C60H54N14O7/c1-28-56(76)63-38-11-12-40-42(24-38)53(75)41(25-46(40)74(80)81)37-23-35-20-33-8-6-30-19-31-7-9-34-22-36-21-32-5-4-29-10-13-45(65-47(29)50(32)70-55(36)71-52(34)49(31)68-48(30)51(33)69-54(35)61-26-37)59(79)73-16-2-3-39(27-73)64-58(78)44-15-18-72-17-14-43(57(77)62-28)66-60(72)67-44/h10-13,19-26,28,39,43-44,60,66-67,75H,2-9,14-18,27H2,1H3,(H,62,77)(H,63,76)(H,64,78)/p-1. The van der Waals surface area contributed by atoms with Crippen LogP contribution in [0.2, 0.25) is 0 Å².